The molecule has 1 heterocycles. The van der Waals surface area contributed by atoms with E-state index >= 15 is 0 Å². The lowest BCUT2D eigenvalue weighted by Gasteiger charge is -2.26. The number of aryl methyl sites for hydroxylation is 1. The molecular formula is C17H27N3O. The van der Waals surface area contributed by atoms with E-state index in [1.165, 1.54) is 25.7 Å². The van der Waals surface area contributed by atoms with Crippen molar-refractivity contribution < 1.29 is 4.79 Å². The summed E-state index contributed by atoms with van der Waals surface area (Å²) in [6.07, 6.45) is 5.68. The summed E-state index contributed by atoms with van der Waals surface area (Å²) in [7, 11) is 0. The molecular weight excluding hydrogens is 262 g/mol. The molecule has 21 heavy (non-hydrogen) atoms. The van der Waals surface area contributed by atoms with Crippen molar-refractivity contribution in [2.24, 2.45) is 0 Å². The summed E-state index contributed by atoms with van der Waals surface area (Å²) in [5.74, 6) is 0.0827. The van der Waals surface area contributed by atoms with Gasteiger partial charge < -0.3 is 16.0 Å². The van der Waals surface area contributed by atoms with Crippen LogP contribution in [0.4, 0.5) is 11.4 Å². The summed E-state index contributed by atoms with van der Waals surface area (Å²) in [5.41, 5.74) is 8.32. The van der Waals surface area contributed by atoms with Gasteiger partial charge in [0.25, 0.3) is 0 Å². The lowest BCUT2D eigenvalue weighted by Crippen LogP contribution is -2.35. The SMILES string of the molecule is Cc1cc(N)ccc1NC(=O)CCN1CCCCCC1C. The third-order valence-electron chi connectivity index (χ3n) is 4.34. The molecule has 0 saturated carbocycles. The molecule has 1 aromatic carbocycles. The Labute approximate surface area is 127 Å². The molecule has 0 radical (unpaired) electrons. The van der Waals surface area contributed by atoms with Crippen LogP contribution in [-0.4, -0.2) is 29.9 Å². The van der Waals surface area contributed by atoms with E-state index in [0.717, 1.165) is 30.0 Å². The third kappa shape index (κ3) is 4.74. The van der Waals surface area contributed by atoms with Crippen LogP contribution < -0.4 is 11.1 Å². The van der Waals surface area contributed by atoms with E-state index in [2.05, 4.69) is 17.1 Å². The van der Waals surface area contributed by atoms with E-state index in [9.17, 15) is 4.79 Å². The maximum Gasteiger partial charge on any atom is 0.225 e. The van der Waals surface area contributed by atoms with Crippen molar-refractivity contribution in [3.05, 3.63) is 23.8 Å². The van der Waals surface area contributed by atoms with Crippen LogP contribution in [0.15, 0.2) is 18.2 Å². The van der Waals surface area contributed by atoms with E-state index < -0.39 is 0 Å². The van der Waals surface area contributed by atoms with Crippen LogP contribution in [-0.2, 0) is 4.79 Å². The highest BCUT2D eigenvalue weighted by Crippen LogP contribution is 2.19. The summed E-state index contributed by atoms with van der Waals surface area (Å²) in [5, 5.41) is 2.99. The number of hydrogen-bond donors (Lipinski definition) is 2. The number of carbonyl (C=O) groups is 1. The fourth-order valence-electron chi connectivity index (χ4n) is 2.95. The van der Waals surface area contributed by atoms with Gasteiger partial charge in [-0.2, -0.15) is 0 Å². The molecule has 1 aliphatic heterocycles. The van der Waals surface area contributed by atoms with Gasteiger partial charge in [0.1, 0.15) is 0 Å². The number of likely N-dealkylation sites (tertiary alicyclic amines) is 1. The highest BCUT2D eigenvalue weighted by atomic mass is 16.1. The second kappa shape index (κ2) is 7.46. The fourth-order valence-corrected chi connectivity index (χ4v) is 2.95. The zero-order chi connectivity index (χ0) is 15.2. The first-order valence-electron chi connectivity index (χ1n) is 7.96. The fraction of sp³-hybridized carbons (Fsp3) is 0.588. The van der Waals surface area contributed by atoms with Gasteiger partial charge in [-0.3, -0.25) is 4.79 Å². The average molecular weight is 289 g/mol. The molecule has 2 rings (SSSR count). The van der Waals surface area contributed by atoms with Crippen molar-refractivity contribution in [2.75, 3.05) is 24.1 Å². The number of nitrogens with zero attached hydrogens (tertiary/aromatic N) is 1. The monoisotopic (exact) mass is 289 g/mol. The van der Waals surface area contributed by atoms with Gasteiger partial charge in [0, 0.05) is 30.4 Å². The number of nitrogens with two attached hydrogens (primary N) is 1. The van der Waals surface area contributed by atoms with Crippen LogP contribution >= 0.6 is 0 Å². The van der Waals surface area contributed by atoms with E-state index in [0.29, 0.717) is 12.5 Å². The Morgan fingerprint density at radius 1 is 1.38 bits per heavy atom. The maximum absolute atomic E-state index is 12.1. The third-order valence-corrected chi connectivity index (χ3v) is 4.34. The summed E-state index contributed by atoms with van der Waals surface area (Å²) in [4.78, 5) is 14.6. The average Bonchev–Trinajstić information content (AvgIpc) is 2.64. The first-order valence-corrected chi connectivity index (χ1v) is 7.96. The van der Waals surface area contributed by atoms with Crippen LogP contribution in [0.3, 0.4) is 0 Å². The van der Waals surface area contributed by atoms with E-state index in [4.69, 9.17) is 5.73 Å². The number of rotatable bonds is 4. The highest BCUT2D eigenvalue weighted by Gasteiger charge is 2.17. The second-order valence-electron chi connectivity index (χ2n) is 6.11. The zero-order valence-corrected chi connectivity index (χ0v) is 13.2. The minimum absolute atomic E-state index is 0.0827. The Hall–Kier alpha value is -1.55. The number of benzene rings is 1. The predicted molar refractivity (Wildman–Crippen MR) is 88.3 cm³/mol. The summed E-state index contributed by atoms with van der Waals surface area (Å²) < 4.78 is 0. The van der Waals surface area contributed by atoms with Gasteiger partial charge in [-0.1, -0.05) is 12.8 Å². The first kappa shape index (κ1) is 15.8. The van der Waals surface area contributed by atoms with Gasteiger partial charge >= 0.3 is 0 Å². The lowest BCUT2D eigenvalue weighted by molar-refractivity contribution is -0.116. The number of anilines is 2. The molecule has 4 heteroatoms. The van der Waals surface area contributed by atoms with Crippen LogP contribution in [0.2, 0.25) is 0 Å². The molecule has 1 aromatic rings. The number of carbonyl (C=O) groups excluding carboxylic acids is 1. The molecule has 0 bridgehead atoms. The molecule has 1 unspecified atom stereocenters. The molecule has 4 nitrogen and oxygen atoms in total. The maximum atomic E-state index is 12.1. The van der Waals surface area contributed by atoms with Gasteiger partial charge in [0.05, 0.1) is 0 Å². The van der Waals surface area contributed by atoms with Crippen LogP contribution in [0.5, 0.6) is 0 Å². The van der Waals surface area contributed by atoms with Crippen molar-refractivity contribution in [3.63, 3.8) is 0 Å². The smallest absolute Gasteiger partial charge is 0.225 e. The van der Waals surface area contributed by atoms with Gasteiger partial charge in [0.2, 0.25) is 5.91 Å². The largest absolute Gasteiger partial charge is 0.399 e. The molecule has 0 spiro atoms. The molecule has 1 fully saturated rings. The van der Waals surface area contributed by atoms with Crippen LogP contribution in [0, 0.1) is 6.92 Å². The van der Waals surface area contributed by atoms with Crippen molar-refractivity contribution in [1.29, 1.82) is 0 Å². The van der Waals surface area contributed by atoms with Crippen LogP contribution in [0.1, 0.15) is 44.6 Å². The molecule has 1 amide bonds. The molecule has 1 aliphatic rings. The minimum Gasteiger partial charge on any atom is -0.399 e. The molecule has 0 aliphatic carbocycles. The van der Waals surface area contributed by atoms with Crippen molar-refractivity contribution >= 4 is 17.3 Å². The second-order valence-corrected chi connectivity index (χ2v) is 6.11. The number of nitrogen functional groups attached to an aromatic ring is 1. The Morgan fingerprint density at radius 2 is 2.19 bits per heavy atom. The first-order chi connectivity index (χ1) is 10.1. The predicted octanol–water partition coefficient (Wildman–Crippen LogP) is 3.17. The Bertz CT molecular complexity index is 487. The van der Waals surface area contributed by atoms with Gasteiger partial charge in [-0.15, -0.1) is 0 Å². The molecule has 116 valence electrons. The normalized spacial score (nSPS) is 20.0. The number of amides is 1. The molecule has 1 atom stereocenters. The Kier molecular flexibility index (Phi) is 5.62. The van der Waals surface area contributed by atoms with E-state index in [-0.39, 0.29) is 5.91 Å². The highest BCUT2D eigenvalue weighted by molar-refractivity contribution is 5.91. The van der Waals surface area contributed by atoms with Crippen molar-refractivity contribution in [3.8, 4) is 0 Å². The summed E-state index contributed by atoms with van der Waals surface area (Å²) in [6, 6.07) is 6.17. The Balaban J connectivity index is 1.84. The zero-order valence-electron chi connectivity index (χ0n) is 13.2. The van der Waals surface area contributed by atoms with E-state index in [1.54, 1.807) is 0 Å². The Morgan fingerprint density at radius 3 is 2.95 bits per heavy atom. The number of nitrogens with one attached hydrogen (secondary N) is 1. The van der Waals surface area contributed by atoms with E-state index in [1.807, 2.05) is 25.1 Å². The van der Waals surface area contributed by atoms with Crippen LogP contribution in [0.25, 0.3) is 0 Å². The van der Waals surface area contributed by atoms with Gasteiger partial charge in [-0.05, 0) is 57.0 Å². The lowest BCUT2D eigenvalue weighted by atomic mass is 10.1. The standard InChI is InChI=1S/C17H27N3O/c1-13-12-15(18)7-8-16(13)19-17(21)9-11-20-10-5-3-4-6-14(20)2/h7-8,12,14H,3-6,9-11,18H2,1-2H3,(H,19,21). The minimum atomic E-state index is 0.0827. The number of hydrogen-bond acceptors (Lipinski definition) is 3. The molecule has 3 N–H and O–H groups in total. The topological polar surface area (TPSA) is 58.4 Å². The molecule has 0 aromatic heterocycles. The molecule has 1 saturated heterocycles. The quantitative estimate of drug-likeness (QED) is 0.837. The summed E-state index contributed by atoms with van der Waals surface area (Å²) >= 11 is 0. The summed E-state index contributed by atoms with van der Waals surface area (Å²) in [6.45, 7) is 6.20. The van der Waals surface area contributed by atoms with Crippen molar-refractivity contribution in [2.45, 2.75) is 52.0 Å². The van der Waals surface area contributed by atoms with Gasteiger partial charge in [-0.25, -0.2) is 0 Å². The van der Waals surface area contributed by atoms with Crippen molar-refractivity contribution in [1.82, 2.24) is 4.90 Å². The van der Waals surface area contributed by atoms with Gasteiger partial charge in [0.15, 0.2) is 0 Å².